The van der Waals surface area contributed by atoms with Gasteiger partial charge in [0.15, 0.2) is 0 Å². The predicted octanol–water partition coefficient (Wildman–Crippen LogP) is 7.94. The second-order valence-electron chi connectivity index (χ2n) is 6.96. The minimum Gasteiger partial charge on any atom is -0.507 e. The molecule has 0 amide bonds. The molecule has 0 aromatic heterocycles. The summed E-state index contributed by atoms with van der Waals surface area (Å²) in [7, 11) is 3.10. The first-order valence-corrected chi connectivity index (χ1v) is 11.5. The smallest absolute Gasteiger partial charge is 0.132 e. The third-order valence-corrected chi connectivity index (χ3v) is 5.84. The molecule has 4 nitrogen and oxygen atoms in total. The Bertz CT molecular complexity index is 1270. The van der Waals surface area contributed by atoms with E-state index in [9.17, 15) is 19.0 Å². The Morgan fingerprint density at radius 2 is 1.03 bits per heavy atom. The molecule has 0 atom stereocenters. The van der Waals surface area contributed by atoms with Crippen LogP contribution in [0.15, 0.2) is 81.7 Å². The maximum atomic E-state index is 14.0. The monoisotopic (exact) mass is 592 g/mol. The first kappa shape index (κ1) is 25.5. The molecule has 176 valence electrons. The lowest BCUT2D eigenvalue weighted by atomic mass is 10.0. The van der Waals surface area contributed by atoms with Crippen molar-refractivity contribution in [2.45, 2.75) is 0 Å². The van der Waals surface area contributed by atoms with Crippen LogP contribution >= 0.6 is 31.9 Å². The quantitative estimate of drug-likeness (QED) is 0.252. The third-order valence-electron chi connectivity index (χ3n) is 4.85. The number of hydrogen-bond acceptors (Lipinski definition) is 4. The van der Waals surface area contributed by atoms with Crippen LogP contribution in [0.2, 0.25) is 0 Å². The molecule has 0 heterocycles. The van der Waals surface area contributed by atoms with Gasteiger partial charge in [0.1, 0.15) is 34.6 Å². The van der Waals surface area contributed by atoms with Crippen LogP contribution in [-0.4, -0.2) is 24.4 Å². The Morgan fingerprint density at radius 3 is 1.44 bits per heavy atom. The van der Waals surface area contributed by atoms with Crippen molar-refractivity contribution in [3.63, 3.8) is 0 Å². The van der Waals surface area contributed by atoms with Crippen molar-refractivity contribution in [3.05, 3.63) is 93.4 Å². The fourth-order valence-corrected chi connectivity index (χ4v) is 3.97. The molecule has 4 aromatic rings. The maximum absolute atomic E-state index is 14.0. The fraction of sp³-hybridized carbons (Fsp3) is 0.0769. The van der Waals surface area contributed by atoms with Crippen molar-refractivity contribution >= 4 is 31.9 Å². The van der Waals surface area contributed by atoms with Gasteiger partial charge in [0.2, 0.25) is 0 Å². The summed E-state index contributed by atoms with van der Waals surface area (Å²) in [5.41, 5.74) is 1.34. The van der Waals surface area contributed by atoms with E-state index in [1.54, 1.807) is 50.6 Å². The van der Waals surface area contributed by atoms with Gasteiger partial charge < -0.3 is 19.7 Å². The van der Waals surface area contributed by atoms with Crippen molar-refractivity contribution in [3.8, 4) is 45.3 Å². The van der Waals surface area contributed by atoms with Gasteiger partial charge in [0.05, 0.1) is 25.3 Å². The highest BCUT2D eigenvalue weighted by atomic mass is 79.9. The number of aromatic hydroxyl groups is 2. The number of benzene rings is 4. The zero-order valence-corrected chi connectivity index (χ0v) is 21.3. The largest absolute Gasteiger partial charge is 0.507 e. The summed E-state index contributed by atoms with van der Waals surface area (Å²) in [5.74, 6) is 0.0203. The van der Waals surface area contributed by atoms with Crippen LogP contribution in [0, 0.1) is 11.6 Å². The SMILES string of the molecule is COc1cccc(OC)c1-c1ccc(Br)cc1F.Oc1cccc(O)c1-c1ccc(Br)cc1F. The first-order chi connectivity index (χ1) is 16.3. The Labute approximate surface area is 212 Å². The second kappa shape index (κ2) is 11.4. The summed E-state index contributed by atoms with van der Waals surface area (Å²) in [6.07, 6.45) is 0. The highest BCUT2D eigenvalue weighted by Gasteiger charge is 2.16. The molecular weight excluding hydrogens is 574 g/mol. The van der Waals surface area contributed by atoms with Crippen LogP contribution in [0.25, 0.3) is 22.3 Å². The normalized spacial score (nSPS) is 10.3. The Morgan fingerprint density at radius 1 is 0.618 bits per heavy atom. The molecule has 0 fully saturated rings. The molecule has 2 N–H and O–H groups in total. The number of phenols is 2. The number of phenolic OH excluding ortho intramolecular Hbond substituents is 2. The van der Waals surface area contributed by atoms with E-state index in [4.69, 9.17) is 9.47 Å². The van der Waals surface area contributed by atoms with Gasteiger partial charge in [-0.25, -0.2) is 8.78 Å². The van der Waals surface area contributed by atoms with E-state index in [1.165, 1.54) is 36.4 Å². The topological polar surface area (TPSA) is 58.9 Å². The Balaban J connectivity index is 0.000000192. The van der Waals surface area contributed by atoms with Gasteiger partial charge >= 0.3 is 0 Å². The second-order valence-corrected chi connectivity index (χ2v) is 8.79. The van der Waals surface area contributed by atoms with Gasteiger partial charge in [-0.05, 0) is 48.5 Å². The van der Waals surface area contributed by atoms with E-state index in [1.807, 2.05) is 0 Å². The minimum atomic E-state index is -0.508. The van der Waals surface area contributed by atoms with E-state index in [2.05, 4.69) is 31.9 Å². The summed E-state index contributed by atoms with van der Waals surface area (Å²) in [6, 6.07) is 19.0. The molecule has 0 saturated heterocycles. The predicted molar refractivity (Wildman–Crippen MR) is 136 cm³/mol. The zero-order valence-electron chi connectivity index (χ0n) is 18.2. The molecule has 34 heavy (non-hydrogen) atoms. The summed E-state index contributed by atoms with van der Waals surface area (Å²) >= 11 is 6.38. The zero-order chi connectivity index (χ0) is 24.8. The van der Waals surface area contributed by atoms with Crippen LogP contribution in [0.3, 0.4) is 0 Å². The number of hydrogen-bond donors (Lipinski definition) is 2. The molecular formula is C26H20Br2F2O4. The van der Waals surface area contributed by atoms with Gasteiger partial charge in [-0.3, -0.25) is 0 Å². The average Bonchev–Trinajstić information content (AvgIpc) is 2.80. The number of rotatable bonds is 4. The summed E-state index contributed by atoms with van der Waals surface area (Å²) in [4.78, 5) is 0. The van der Waals surface area contributed by atoms with Crippen molar-refractivity contribution in [2.24, 2.45) is 0 Å². The molecule has 4 aromatic carbocycles. The number of ether oxygens (including phenoxy) is 2. The van der Waals surface area contributed by atoms with Crippen molar-refractivity contribution in [1.82, 2.24) is 0 Å². The highest BCUT2D eigenvalue weighted by molar-refractivity contribution is 9.10. The molecule has 0 aliphatic heterocycles. The molecule has 0 aliphatic rings. The maximum Gasteiger partial charge on any atom is 0.132 e. The van der Waals surface area contributed by atoms with Gasteiger partial charge in [-0.2, -0.15) is 0 Å². The molecule has 8 heteroatoms. The highest BCUT2D eigenvalue weighted by Crippen LogP contribution is 2.40. The van der Waals surface area contributed by atoms with Crippen LogP contribution < -0.4 is 9.47 Å². The summed E-state index contributed by atoms with van der Waals surface area (Å²) < 4.78 is 39.5. The standard InChI is InChI=1S/C14H12BrFO2.C12H8BrFO2/c1-17-12-4-3-5-13(18-2)14(12)10-7-6-9(15)8-11(10)16;13-7-4-5-8(9(14)6-7)12-10(15)2-1-3-11(12)16/h3-8H,1-2H3;1-6,15-16H. The van der Waals surface area contributed by atoms with Crippen LogP contribution in [0.4, 0.5) is 8.78 Å². The molecule has 0 bridgehead atoms. The number of halogens is 4. The van der Waals surface area contributed by atoms with Gasteiger partial charge in [-0.15, -0.1) is 0 Å². The molecule has 0 radical (unpaired) electrons. The number of methoxy groups -OCH3 is 2. The van der Waals surface area contributed by atoms with Crippen molar-refractivity contribution in [1.29, 1.82) is 0 Å². The molecule has 0 unspecified atom stereocenters. The van der Waals surface area contributed by atoms with Crippen LogP contribution in [-0.2, 0) is 0 Å². The third kappa shape index (κ3) is 5.69. The average molecular weight is 594 g/mol. The first-order valence-electron chi connectivity index (χ1n) is 9.89. The molecule has 0 spiro atoms. The van der Waals surface area contributed by atoms with E-state index < -0.39 is 5.82 Å². The molecule has 4 rings (SSSR count). The van der Waals surface area contributed by atoms with Crippen molar-refractivity contribution in [2.75, 3.05) is 14.2 Å². The fourth-order valence-electron chi connectivity index (χ4n) is 3.31. The van der Waals surface area contributed by atoms with E-state index in [-0.39, 0.29) is 28.4 Å². The van der Waals surface area contributed by atoms with Gasteiger partial charge in [0, 0.05) is 20.1 Å². The van der Waals surface area contributed by atoms with Gasteiger partial charge in [-0.1, -0.05) is 56.1 Å². The summed E-state index contributed by atoms with van der Waals surface area (Å²) in [5, 5.41) is 19.2. The summed E-state index contributed by atoms with van der Waals surface area (Å²) in [6.45, 7) is 0. The van der Waals surface area contributed by atoms with Crippen molar-refractivity contribution < 1.29 is 28.5 Å². The van der Waals surface area contributed by atoms with E-state index >= 15 is 0 Å². The lowest BCUT2D eigenvalue weighted by molar-refractivity contribution is 0.397. The minimum absolute atomic E-state index is 0.104. The lowest BCUT2D eigenvalue weighted by Gasteiger charge is -2.13. The van der Waals surface area contributed by atoms with Gasteiger partial charge in [0.25, 0.3) is 0 Å². The molecule has 0 aliphatic carbocycles. The lowest BCUT2D eigenvalue weighted by Crippen LogP contribution is -1.94. The molecule has 0 saturated carbocycles. The van der Waals surface area contributed by atoms with E-state index in [0.29, 0.717) is 31.6 Å². The van der Waals surface area contributed by atoms with Crippen LogP contribution in [0.1, 0.15) is 0 Å². The van der Waals surface area contributed by atoms with E-state index in [0.717, 1.165) is 0 Å². The van der Waals surface area contributed by atoms with Crippen LogP contribution in [0.5, 0.6) is 23.0 Å². The Hall–Kier alpha value is -3.10. The Kier molecular flexibility index (Phi) is 8.52.